The average molecular weight is 399 g/mol. The molecule has 2 aromatic rings. The fourth-order valence-electron chi connectivity index (χ4n) is 1.90. The van der Waals surface area contributed by atoms with Crippen LogP contribution in [0.15, 0.2) is 53.0 Å². The second kappa shape index (κ2) is 8.36. The largest absolute Gasteiger partial charge is 0.373 e. The van der Waals surface area contributed by atoms with Crippen LogP contribution in [0.25, 0.3) is 0 Å². The predicted octanol–water partition coefficient (Wildman–Crippen LogP) is 4.53. The van der Waals surface area contributed by atoms with E-state index in [1.54, 1.807) is 0 Å². The third kappa shape index (κ3) is 5.16. The first-order valence-electron chi connectivity index (χ1n) is 6.82. The summed E-state index contributed by atoms with van der Waals surface area (Å²) in [7, 11) is 2.06. The fraction of sp³-hybridized carbons (Fsp3) is 0.188. The van der Waals surface area contributed by atoms with Crippen molar-refractivity contribution in [3.63, 3.8) is 0 Å². The lowest BCUT2D eigenvalue weighted by Crippen LogP contribution is -2.35. The summed E-state index contributed by atoms with van der Waals surface area (Å²) in [6.45, 7) is 1.61. The SMILES string of the molecule is CN(CCNC(=S)Nc1ccc(Br)c(Cl)c1)c1ccccc1. The van der Waals surface area contributed by atoms with E-state index in [2.05, 4.69) is 50.6 Å². The topological polar surface area (TPSA) is 27.3 Å². The highest BCUT2D eigenvalue weighted by Gasteiger charge is 2.03. The van der Waals surface area contributed by atoms with Gasteiger partial charge in [0.2, 0.25) is 0 Å². The summed E-state index contributed by atoms with van der Waals surface area (Å²) >= 11 is 14.7. The number of nitrogens with one attached hydrogen (secondary N) is 2. The molecule has 3 nitrogen and oxygen atoms in total. The summed E-state index contributed by atoms with van der Waals surface area (Å²) < 4.78 is 0.864. The average Bonchev–Trinajstić information content (AvgIpc) is 2.51. The zero-order valence-electron chi connectivity index (χ0n) is 12.1. The van der Waals surface area contributed by atoms with Gasteiger partial charge in [0.05, 0.1) is 5.02 Å². The zero-order valence-corrected chi connectivity index (χ0v) is 15.3. The summed E-state index contributed by atoms with van der Waals surface area (Å²) in [6, 6.07) is 15.9. The van der Waals surface area contributed by atoms with Crippen molar-refractivity contribution in [3.8, 4) is 0 Å². The molecule has 6 heteroatoms. The van der Waals surface area contributed by atoms with Gasteiger partial charge in [-0.1, -0.05) is 29.8 Å². The van der Waals surface area contributed by atoms with E-state index in [1.807, 2.05) is 36.4 Å². The number of benzene rings is 2. The van der Waals surface area contributed by atoms with Crippen LogP contribution < -0.4 is 15.5 Å². The van der Waals surface area contributed by atoms with E-state index in [0.717, 1.165) is 23.2 Å². The first kappa shape index (κ1) is 17.1. The maximum atomic E-state index is 6.05. The van der Waals surface area contributed by atoms with E-state index < -0.39 is 0 Å². The van der Waals surface area contributed by atoms with Gasteiger partial charge in [0.15, 0.2) is 5.11 Å². The lowest BCUT2D eigenvalue weighted by Gasteiger charge is -2.20. The molecule has 0 aliphatic heterocycles. The quantitative estimate of drug-likeness (QED) is 0.724. The van der Waals surface area contributed by atoms with E-state index in [-0.39, 0.29) is 0 Å². The van der Waals surface area contributed by atoms with E-state index in [1.165, 1.54) is 5.69 Å². The van der Waals surface area contributed by atoms with E-state index in [9.17, 15) is 0 Å². The van der Waals surface area contributed by atoms with Gasteiger partial charge in [-0.2, -0.15) is 0 Å². The standard InChI is InChI=1S/C16H17BrClN3S/c1-21(13-5-3-2-4-6-13)10-9-19-16(22)20-12-7-8-14(17)15(18)11-12/h2-8,11H,9-10H2,1H3,(H2,19,20,22). The molecular weight excluding hydrogens is 382 g/mol. The Morgan fingerprint density at radius 3 is 2.64 bits per heavy atom. The van der Waals surface area contributed by atoms with Crippen LogP contribution in [0.5, 0.6) is 0 Å². The van der Waals surface area contributed by atoms with Crippen LogP contribution in [0.3, 0.4) is 0 Å². The Morgan fingerprint density at radius 2 is 1.95 bits per heavy atom. The lowest BCUT2D eigenvalue weighted by molar-refractivity contribution is 0.827. The summed E-state index contributed by atoms with van der Waals surface area (Å²) in [5.74, 6) is 0. The maximum absolute atomic E-state index is 6.05. The number of anilines is 2. The van der Waals surface area contributed by atoms with Crippen molar-refractivity contribution < 1.29 is 0 Å². The third-order valence-electron chi connectivity index (χ3n) is 3.11. The highest BCUT2D eigenvalue weighted by atomic mass is 79.9. The van der Waals surface area contributed by atoms with Crippen LogP contribution in [0.4, 0.5) is 11.4 Å². The molecule has 2 N–H and O–H groups in total. The molecule has 22 heavy (non-hydrogen) atoms. The van der Waals surface area contributed by atoms with Crippen LogP contribution in [-0.2, 0) is 0 Å². The molecule has 0 unspecified atom stereocenters. The minimum Gasteiger partial charge on any atom is -0.373 e. The molecule has 0 aromatic heterocycles. The molecule has 0 amide bonds. The Hall–Kier alpha value is -1.30. The second-order valence-electron chi connectivity index (χ2n) is 4.77. The molecule has 0 heterocycles. The summed E-state index contributed by atoms with van der Waals surface area (Å²) in [6.07, 6.45) is 0. The molecule has 116 valence electrons. The van der Waals surface area contributed by atoms with Gasteiger partial charge < -0.3 is 15.5 Å². The molecule has 0 aliphatic carbocycles. The zero-order chi connectivity index (χ0) is 15.9. The summed E-state index contributed by atoms with van der Waals surface area (Å²) in [4.78, 5) is 2.17. The number of thiocarbonyl (C=S) groups is 1. The Morgan fingerprint density at radius 1 is 1.23 bits per heavy atom. The number of nitrogens with zero attached hydrogens (tertiary/aromatic N) is 1. The molecule has 0 radical (unpaired) electrons. The van der Waals surface area contributed by atoms with Crippen LogP contribution in [-0.4, -0.2) is 25.2 Å². The van der Waals surface area contributed by atoms with Gasteiger partial charge >= 0.3 is 0 Å². The van der Waals surface area contributed by atoms with Crippen LogP contribution in [0.1, 0.15) is 0 Å². The van der Waals surface area contributed by atoms with Crippen LogP contribution in [0, 0.1) is 0 Å². The van der Waals surface area contributed by atoms with Gasteiger partial charge in [-0.25, -0.2) is 0 Å². The van der Waals surface area contributed by atoms with E-state index in [0.29, 0.717) is 10.1 Å². The van der Waals surface area contributed by atoms with Gasteiger partial charge in [-0.3, -0.25) is 0 Å². The molecule has 0 saturated heterocycles. The molecule has 0 spiro atoms. The molecule has 0 bridgehead atoms. The van der Waals surface area contributed by atoms with E-state index >= 15 is 0 Å². The van der Waals surface area contributed by atoms with Crippen molar-refractivity contribution in [1.82, 2.24) is 5.32 Å². The van der Waals surface area contributed by atoms with Gasteiger partial charge in [0.25, 0.3) is 0 Å². The fourth-order valence-corrected chi connectivity index (χ4v) is 2.54. The predicted molar refractivity (Wildman–Crippen MR) is 103 cm³/mol. The molecule has 0 saturated carbocycles. The maximum Gasteiger partial charge on any atom is 0.170 e. The Bertz CT molecular complexity index is 637. The number of likely N-dealkylation sites (N-methyl/N-ethyl adjacent to an activating group) is 1. The number of halogens is 2. The number of hydrogen-bond donors (Lipinski definition) is 2. The summed E-state index contributed by atoms with van der Waals surface area (Å²) in [5.41, 5.74) is 2.05. The smallest absolute Gasteiger partial charge is 0.170 e. The number of rotatable bonds is 5. The Kier molecular flexibility index (Phi) is 6.49. The lowest BCUT2D eigenvalue weighted by atomic mass is 10.3. The molecule has 2 rings (SSSR count). The van der Waals surface area contributed by atoms with Crippen LogP contribution >= 0.6 is 39.7 Å². The van der Waals surface area contributed by atoms with Crippen molar-refractivity contribution in [2.45, 2.75) is 0 Å². The number of hydrogen-bond acceptors (Lipinski definition) is 2. The van der Waals surface area contributed by atoms with Gasteiger partial charge in [0.1, 0.15) is 0 Å². The van der Waals surface area contributed by atoms with E-state index in [4.69, 9.17) is 23.8 Å². The van der Waals surface area contributed by atoms with Crippen molar-refractivity contribution >= 4 is 56.2 Å². The Balaban J connectivity index is 1.77. The molecule has 0 aliphatic rings. The molecule has 0 fully saturated rings. The molecular formula is C16H17BrClN3S. The van der Waals surface area contributed by atoms with Crippen molar-refractivity contribution in [2.24, 2.45) is 0 Å². The van der Waals surface area contributed by atoms with Crippen molar-refractivity contribution in [3.05, 3.63) is 58.0 Å². The van der Waals surface area contributed by atoms with Gasteiger partial charge in [-0.05, 0) is 58.5 Å². The van der Waals surface area contributed by atoms with Crippen LogP contribution in [0.2, 0.25) is 5.02 Å². The monoisotopic (exact) mass is 397 g/mol. The van der Waals surface area contributed by atoms with Gasteiger partial charge in [-0.15, -0.1) is 0 Å². The minimum absolute atomic E-state index is 0.583. The van der Waals surface area contributed by atoms with Crippen molar-refractivity contribution in [1.29, 1.82) is 0 Å². The minimum atomic E-state index is 0.583. The Labute approximate surface area is 149 Å². The summed E-state index contributed by atoms with van der Waals surface area (Å²) in [5, 5.41) is 7.54. The normalized spacial score (nSPS) is 10.1. The highest BCUT2D eigenvalue weighted by molar-refractivity contribution is 9.10. The van der Waals surface area contributed by atoms with Gasteiger partial charge in [0, 0.05) is 36.0 Å². The first-order valence-corrected chi connectivity index (χ1v) is 8.40. The third-order valence-corrected chi connectivity index (χ3v) is 4.59. The first-order chi connectivity index (χ1) is 10.6. The van der Waals surface area contributed by atoms with Crippen molar-refractivity contribution in [2.75, 3.05) is 30.4 Å². The highest BCUT2D eigenvalue weighted by Crippen LogP contribution is 2.25. The molecule has 2 aromatic carbocycles. The molecule has 0 atom stereocenters. The second-order valence-corrected chi connectivity index (χ2v) is 6.44. The number of para-hydroxylation sites is 1.